The van der Waals surface area contributed by atoms with E-state index >= 15 is 0 Å². The van der Waals surface area contributed by atoms with Crippen molar-refractivity contribution in [2.75, 3.05) is 13.7 Å². The summed E-state index contributed by atoms with van der Waals surface area (Å²) in [5, 5.41) is 0. The van der Waals surface area contributed by atoms with Gasteiger partial charge >= 0.3 is 6.16 Å². The van der Waals surface area contributed by atoms with Crippen LogP contribution in [0.3, 0.4) is 0 Å². The molecule has 0 saturated carbocycles. The third-order valence-electron chi connectivity index (χ3n) is 1.46. The summed E-state index contributed by atoms with van der Waals surface area (Å²) in [5.41, 5.74) is 0. The highest BCUT2D eigenvalue weighted by Gasteiger charge is 2.26. The molecule has 0 aliphatic carbocycles. The number of hydrogen-bond acceptors (Lipinski definition) is 4. The number of carbonyl (C=O) groups is 1. The average Bonchev–Trinajstić information content (AvgIpc) is 2.71. The number of ether oxygens (including phenoxy) is 3. The van der Waals surface area contributed by atoms with Crippen molar-refractivity contribution < 1.29 is 19.0 Å². The first kappa shape index (κ1) is 8.33. The molecule has 4 heteroatoms. The first-order valence-corrected chi connectivity index (χ1v) is 3.58. The maximum atomic E-state index is 10.5. The molecule has 1 aliphatic rings. The Morgan fingerprint density at radius 3 is 2.91 bits per heavy atom. The van der Waals surface area contributed by atoms with E-state index in [9.17, 15) is 4.79 Å². The molecule has 0 aromatic rings. The number of hydrogen-bond donors (Lipinski definition) is 0. The van der Waals surface area contributed by atoms with Gasteiger partial charge < -0.3 is 14.2 Å². The molecule has 0 bridgehead atoms. The molecular formula is C7H12O4. The lowest BCUT2D eigenvalue weighted by Crippen LogP contribution is -2.16. The van der Waals surface area contributed by atoms with Crippen molar-refractivity contribution in [3.05, 3.63) is 0 Å². The van der Waals surface area contributed by atoms with Gasteiger partial charge in [-0.25, -0.2) is 4.79 Å². The van der Waals surface area contributed by atoms with Crippen LogP contribution in [-0.2, 0) is 14.2 Å². The second-order valence-corrected chi connectivity index (χ2v) is 2.57. The van der Waals surface area contributed by atoms with Gasteiger partial charge in [-0.1, -0.05) is 0 Å². The van der Waals surface area contributed by atoms with Crippen molar-refractivity contribution in [3.8, 4) is 0 Å². The molecule has 0 spiro atoms. The molecule has 1 rings (SSSR count). The van der Waals surface area contributed by atoms with Crippen molar-refractivity contribution in [2.24, 2.45) is 0 Å². The second kappa shape index (κ2) is 3.57. The van der Waals surface area contributed by atoms with Gasteiger partial charge in [0, 0.05) is 6.42 Å². The van der Waals surface area contributed by atoms with Crippen LogP contribution in [0.15, 0.2) is 0 Å². The van der Waals surface area contributed by atoms with Crippen LogP contribution >= 0.6 is 0 Å². The van der Waals surface area contributed by atoms with Crippen LogP contribution in [0, 0.1) is 0 Å². The third-order valence-corrected chi connectivity index (χ3v) is 1.46. The molecule has 1 fully saturated rings. The molecule has 2 atom stereocenters. The fraction of sp³-hybridized carbons (Fsp3) is 0.857. The Hall–Kier alpha value is -0.770. The molecule has 1 saturated heterocycles. The fourth-order valence-corrected chi connectivity index (χ4v) is 0.835. The van der Waals surface area contributed by atoms with Crippen molar-refractivity contribution in [1.29, 1.82) is 0 Å². The molecule has 1 heterocycles. The van der Waals surface area contributed by atoms with Crippen LogP contribution in [-0.4, -0.2) is 32.1 Å². The summed E-state index contributed by atoms with van der Waals surface area (Å²) in [6, 6.07) is 0. The molecule has 0 radical (unpaired) electrons. The summed E-state index contributed by atoms with van der Waals surface area (Å²) in [6.07, 6.45) is 0.303. The van der Waals surface area contributed by atoms with Crippen LogP contribution in [0.5, 0.6) is 0 Å². The smallest absolute Gasteiger partial charge is 0.438 e. The van der Waals surface area contributed by atoms with Crippen molar-refractivity contribution in [3.63, 3.8) is 0 Å². The second-order valence-electron chi connectivity index (χ2n) is 2.57. The maximum absolute atomic E-state index is 10.5. The van der Waals surface area contributed by atoms with Gasteiger partial charge in [-0.15, -0.1) is 0 Å². The van der Waals surface area contributed by atoms with Crippen LogP contribution < -0.4 is 0 Å². The fourth-order valence-electron chi connectivity index (χ4n) is 0.835. The van der Waals surface area contributed by atoms with E-state index in [-0.39, 0.29) is 12.2 Å². The largest absolute Gasteiger partial charge is 0.508 e. The summed E-state index contributed by atoms with van der Waals surface area (Å²) in [5.74, 6) is 0. The van der Waals surface area contributed by atoms with E-state index in [1.54, 1.807) is 0 Å². The zero-order valence-corrected chi connectivity index (χ0v) is 6.70. The topological polar surface area (TPSA) is 48.1 Å². The Labute approximate surface area is 65.4 Å². The molecule has 0 N–H and O–H groups in total. The van der Waals surface area contributed by atoms with Crippen LogP contribution in [0.2, 0.25) is 0 Å². The van der Waals surface area contributed by atoms with Gasteiger partial charge in [-0.3, -0.25) is 0 Å². The van der Waals surface area contributed by atoms with E-state index in [0.717, 1.165) is 13.0 Å². The number of methoxy groups -OCH3 is 1. The monoisotopic (exact) mass is 160 g/mol. The Morgan fingerprint density at radius 1 is 1.82 bits per heavy atom. The van der Waals surface area contributed by atoms with Gasteiger partial charge in [0.25, 0.3) is 0 Å². The minimum atomic E-state index is -0.627. The van der Waals surface area contributed by atoms with Gasteiger partial charge in [-0.2, -0.15) is 0 Å². The van der Waals surface area contributed by atoms with E-state index in [1.165, 1.54) is 7.11 Å². The van der Waals surface area contributed by atoms with E-state index < -0.39 is 6.16 Å². The predicted molar refractivity (Wildman–Crippen MR) is 37.3 cm³/mol. The Balaban J connectivity index is 2.08. The predicted octanol–water partition coefficient (Wildman–Crippen LogP) is 0.947. The molecule has 1 aliphatic heterocycles. The zero-order chi connectivity index (χ0) is 8.27. The van der Waals surface area contributed by atoms with Gasteiger partial charge in [0.2, 0.25) is 0 Å². The molecule has 4 nitrogen and oxygen atoms in total. The molecule has 2 unspecified atom stereocenters. The molecule has 0 aromatic carbocycles. The number of carbonyl (C=O) groups excluding carboxylic acids is 1. The van der Waals surface area contributed by atoms with Crippen molar-refractivity contribution >= 4 is 6.16 Å². The number of epoxide rings is 1. The Bertz CT molecular complexity index is 141. The highest BCUT2D eigenvalue weighted by molar-refractivity contribution is 5.59. The highest BCUT2D eigenvalue weighted by Crippen LogP contribution is 2.17. The minimum Gasteiger partial charge on any atom is -0.438 e. The van der Waals surface area contributed by atoms with Gasteiger partial charge in [-0.05, 0) is 6.92 Å². The van der Waals surface area contributed by atoms with Gasteiger partial charge in [0.1, 0.15) is 6.10 Å². The van der Waals surface area contributed by atoms with E-state index in [4.69, 9.17) is 9.47 Å². The lowest BCUT2D eigenvalue weighted by atomic mass is 10.2. The third kappa shape index (κ3) is 3.23. The lowest BCUT2D eigenvalue weighted by molar-refractivity contribution is 0.0381. The average molecular weight is 160 g/mol. The first-order valence-electron chi connectivity index (χ1n) is 3.58. The SMILES string of the molecule is COC(=O)OC(C)CC1CO1. The molecule has 0 aromatic heterocycles. The summed E-state index contributed by atoms with van der Waals surface area (Å²) in [7, 11) is 1.29. The molecule has 11 heavy (non-hydrogen) atoms. The standard InChI is InChI=1S/C7H12O4/c1-5(3-6-4-10-6)11-7(8)9-2/h5-6H,3-4H2,1-2H3. The van der Waals surface area contributed by atoms with Gasteiger partial charge in [0.05, 0.1) is 19.8 Å². The molecule has 64 valence electrons. The van der Waals surface area contributed by atoms with Crippen LogP contribution in [0.4, 0.5) is 4.79 Å². The summed E-state index contributed by atoms with van der Waals surface area (Å²) >= 11 is 0. The minimum absolute atomic E-state index is 0.116. The van der Waals surface area contributed by atoms with E-state index in [0.29, 0.717) is 0 Å². The lowest BCUT2D eigenvalue weighted by Gasteiger charge is -2.09. The number of rotatable bonds is 3. The summed E-state index contributed by atoms with van der Waals surface area (Å²) in [6.45, 7) is 2.60. The zero-order valence-electron chi connectivity index (χ0n) is 6.70. The van der Waals surface area contributed by atoms with Crippen molar-refractivity contribution in [2.45, 2.75) is 25.6 Å². The normalized spacial score (nSPS) is 24.0. The first-order chi connectivity index (χ1) is 5.22. The van der Waals surface area contributed by atoms with Crippen LogP contribution in [0.1, 0.15) is 13.3 Å². The van der Waals surface area contributed by atoms with E-state index in [2.05, 4.69) is 4.74 Å². The summed E-state index contributed by atoms with van der Waals surface area (Å²) < 4.78 is 14.1. The molecule has 0 amide bonds. The van der Waals surface area contributed by atoms with Gasteiger partial charge in [0.15, 0.2) is 0 Å². The van der Waals surface area contributed by atoms with Crippen molar-refractivity contribution in [1.82, 2.24) is 0 Å². The summed E-state index contributed by atoms with van der Waals surface area (Å²) in [4.78, 5) is 10.5. The van der Waals surface area contributed by atoms with E-state index in [1.807, 2.05) is 6.92 Å². The molecular weight excluding hydrogens is 148 g/mol. The maximum Gasteiger partial charge on any atom is 0.508 e. The quantitative estimate of drug-likeness (QED) is 0.455. The Kier molecular flexibility index (Phi) is 2.70. The Morgan fingerprint density at radius 2 is 2.45 bits per heavy atom. The highest BCUT2D eigenvalue weighted by atomic mass is 16.7. The van der Waals surface area contributed by atoms with Crippen LogP contribution in [0.25, 0.3) is 0 Å².